The van der Waals surface area contributed by atoms with Crippen LogP contribution in [0.25, 0.3) is 0 Å². The van der Waals surface area contributed by atoms with Crippen molar-refractivity contribution in [3.63, 3.8) is 0 Å². The van der Waals surface area contributed by atoms with Gasteiger partial charge in [0.1, 0.15) is 0 Å². The molecule has 0 aliphatic rings. The van der Waals surface area contributed by atoms with Crippen LogP contribution in [0, 0.1) is 0 Å². The number of primary amides is 1. The lowest BCUT2D eigenvalue weighted by atomic mass is 9.98. The van der Waals surface area contributed by atoms with Crippen LogP contribution < -0.4 is 5.73 Å². The molecule has 0 aromatic carbocycles. The summed E-state index contributed by atoms with van der Waals surface area (Å²) < 4.78 is 0. The van der Waals surface area contributed by atoms with Gasteiger partial charge in [-0.05, 0) is 31.3 Å². The molecule has 3 N–H and O–H groups in total. The fourth-order valence-electron chi connectivity index (χ4n) is 3.56. The fraction of sp³-hybridized carbons (Fsp3) is 0.875. The highest BCUT2D eigenvalue weighted by Crippen LogP contribution is 2.17. The zero-order valence-electron chi connectivity index (χ0n) is 18.3. The number of hydrogen-bond donors (Lipinski definition) is 2. The van der Waals surface area contributed by atoms with E-state index in [0.717, 1.165) is 31.3 Å². The van der Waals surface area contributed by atoms with Gasteiger partial charge >= 0.3 is 0 Å². The van der Waals surface area contributed by atoms with Crippen LogP contribution in [0.3, 0.4) is 0 Å². The molecule has 1 amide bonds. The van der Waals surface area contributed by atoms with E-state index in [1.54, 1.807) is 0 Å². The van der Waals surface area contributed by atoms with E-state index in [-0.39, 0.29) is 0 Å². The quantitative estimate of drug-likeness (QED) is 0.179. The minimum Gasteiger partial charge on any atom is -0.379 e. The van der Waals surface area contributed by atoms with Gasteiger partial charge in [-0.3, -0.25) is 4.79 Å². The first kappa shape index (κ1) is 26.2. The zero-order valence-corrected chi connectivity index (χ0v) is 18.3. The summed E-state index contributed by atoms with van der Waals surface area (Å²) in [6, 6.07) is 0. The molecule has 1 atom stereocenters. The third-order valence-electron chi connectivity index (χ3n) is 5.40. The number of nitrogens with two attached hydrogens (primary N) is 1. The van der Waals surface area contributed by atoms with Crippen LogP contribution in [0.15, 0.2) is 11.6 Å². The van der Waals surface area contributed by atoms with Gasteiger partial charge in [-0.15, -0.1) is 0 Å². The summed E-state index contributed by atoms with van der Waals surface area (Å²) in [7, 11) is 0. The SMILES string of the molecule is CCCCCC=C(CCCCCCCCCCCCCCC)C(O)C(N)=O. The summed E-state index contributed by atoms with van der Waals surface area (Å²) in [5, 5.41) is 9.99. The van der Waals surface area contributed by atoms with Crippen LogP contribution in [0.1, 0.15) is 129 Å². The summed E-state index contributed by atoms with van der Waals surface area (Å²) >= 11 is 0. The van der Waals surface area contributed by atoms with Crippen LogP contribution in [0.4, 0.5) is 0 Å². The standard InChI is InChI=1S/C24H47NO2/c1-3-5-7-9-10-11-12-13-14-15-16-17-19-21-22(23(26)24(25)27)20-18-8-6-4-2/h20,23,26H,3-19,21H2,1-2H3,(H2,25,27). The lowest BCUT2D eigenvalue weighted by molar-refractivity contribution is -0.124. The summed E-state index contributed by atoms with van der Waals surface area (Å²) in [5.74, 6) is -0.619. The third kappa shape index (κ3) is 17.0. The first-order valence-corrected chi connectivity index (χ1v) is 11.8. The van der Waals surface area contributed by atoms with E-state index in [1.807, 2.05) is 6.08 Å². The number of aliphatic hydroxyl groups excluding tert-OH is 1. The van der Waals surface area contributed by atoms with Gasteiger partial charge in [0.25, 0.3) is 5.91 Å². The van der Waals surface area contributed by atoms with Crippen molar-refractivity contribution in [3.8, 4) is 0 Å². The molecule has 0 radical (unpaired) electrons. The van der Waals surface area contributed by atoms with Crippen molar-refractivity contribution in [1.82, 2.24) is 0 Å². The van der Waals surface area contributed by atoms with E-state index in [2.05, 4.69) is 13.8 Å². The van der Waals surface area contributed by atoms with Crippen molar-refractivity contribution >= 4 is 5.91 Å². The normalized spacial score (nSPS) is 13.1. The Labute approximate surface area is 169 Å². The molecule has 0 rings (SSSR count). The van der Waals surface area contributed by atoms with E-state index >= 15 is 0 Å². The third-order valence-corrected chi connectivity index (χ3v) is 5.40. The van der Waals surface area contributed by atoms with Gasteiger partial charge < -0.3 is 10.8 Å². The Kier molecular flexibility index (Phi) is 19.3. The summed E-state index contributed by atoms with van der Waals surface area (Å²) in [5.41, 5.74) is 6.12. The van der Waals surface area contributed by atoms with Crippen molar-refractivity contribution in [2.75, 3.05) is 0 Å². The Bertz CT molecular complexity index is 365. The molecule has 0 aromatic rings. The Balaban J connectivity index is 3.69. The van der Waals surface area contributed by atoms with Gasteiger partial charge in [0.05, 0.1) is 0 Å². The fourth-order valence-corrected chi connectivity index (χ4v) is 3.56. The van der Waals surface area contributed by atoms with Crippen molar-refractivity contribution in [2.45, 2.75) is 136 Å². The summed E-state index contributed by atoms with van der Waals surface area (Å²) in [6.45, 7) is 4.45. The highest BCUT2D eigenvalue weighted by Gasteiger charge is 2.15. The van der Waals surface area contributed by atoms with Gasteiger partial charge in [0.2, 0.25) is 0 Å². The van der Waals surface area contributed by atoms with Gasteiger partial charge in [-0.25, -0.2) is 0 Å². The molecule has 3 heteroatoms. The molecule has 0 saturated carbocycles. The maximum Gasteiger partial charge on any atom is 0.250 e. The summed E-state index contributed by atoms with van der Waals surface area (Å²) in [4.78, 5) is 11.3. The van der Waals surface area contributed by atoms with Gasteiger partial charge in [-0.2, -0.15) is 0 Å². The molecule has 0 heterocycles. The Morgan fingerprint density at radius 1 is 0.741 bits per heavy atom. The molecule has 27 heavy (non-hydrogen) atoms. The maximum absolute atomic E-state index is 11.3. The molecule has 0 fully saturated rings. The lowest BCUT2D eigenvalue weighted by Crippen LogP contribution is -2.30. The Hall–Kier alpha value is -0.830. The predicted octanol–water partition coefficient (Wildman–Crippen LogP) is 6.82. The van der Waals surface area contributed by atoms with E-state index in [1.165, 1.54) is 89.9 Å². The molecular formula is C24H47NO2. The smallest absolute Gasteiger partial charge is 0.250 e. The van der Waals surface area contributed by atoms with E-state index in [4.69, 9.17) is 5.73 Å². The molecule has 1 unspecified atom stereocenters. The van der Waals surface area contributed by atoms with Gasteiger partial charge in [0, 0.05) is 0 Å². The number of unbranched alkanes of at least 4 members (excludes halogenated alkanes) is 15. The highest BCUT2D eigenvalue weighted by molar-refractivity contribution is 5.81. The molecule has 160 valence electrons. The van der Waals surface area contributed by atoms with E-state index in [9.17, 15) is 9.90 Å². The topological polar surface area (TPSA) is 63.3 Å². The predicted molar refractivity (Wildman–Crippen MR) is 118 cm³/mol. The van der Waals surface area contributed by atoms with Gasteiger partial charge in [0.15, 0.2) is 6.10 Å². The maximum atomic E-state index is 11.3. The second-order valence-electron chi connectivity index (χ2n) is 8.07. The monoisotopic (exact) mass is 381 g/mol. The highest BCUT2D eigenvalue weighted by atomic mass is 16.3. The largest absolute Gasteiger partial charge is 0.379 e. The van der Waals surface area contributed by atoms with Crippen molar-refractivity contribution in [2.24, 2.45) is 5.73 Å². The molecule has 0 aliphatic carbocycles. The Morgan fingerprint density at radius 3 is 1.59 bits per heavy atom. The van der Waals surface area contributed by atoms with Crippen molar-refractivity contribution in [1.29, 1.82) is 0 Å². The van der Waals surface area contributed by atoms with Crippen LogP contribution >= 0.6 is 0 Å². The number of allylic oxidation sites excluding steroid dienone is 1. The van der Waals surface area contributed by atoms with E-state index in [0.29, 0.717) is 0 Å². The van der Waals surface area contributed by atoms with Crippen molar-refractivity contribution in [3.05, 3.63) is 11.6 Å². The number of rotatable bonds is 20. The van der Waals surface area contributed by atoms with Crippen molar-refractivity contribution < 1.29 is 9.90 Å². The van der Waals surface area contributed by atoms with Crippen LogP contribution in [-0.2, 0) is 4.79 Å². The number of carbonyl (C=O) groups excluding carboxylic acids is 1. The molecule has 0 aliphatic heterocycles. The second kappa shape index (κ2) is 19.9. The van der Waals surface area contributed by atoms with Gasteiger partial charge in [-0.1, -0.05) is 110 Å². The molecule has 0 saturated heterocycles. The second-order valence-corrected chi connectivity index (χ2v) is 8.07. The van der Waals surface area contributed by atoms with E-state index < -0.39 is 12.0 Å². The average molecular weight is 382 g/mol. The molecule has 0 aromatic heterocycles. The number of hydrogen-bond acceptors (Lipinski definition) is 2. The molecular weight excluding hydrogens is 334 g/mol. The molecule has 0 bridgehead atoms. The first-order valence-electron chi connectivity index (χ1n) is 11.8. The average Bonchev–Trinajstić information content (AvgIpc) is 2.66. The van der Waals surface area contributed by atoms with Crippen LogP contribution in [0.2, 0.25) is 0 Å². The number of aliphatic hydroxyl groups is 1. The minimum atomic E-state index is -1.09. The first-order chi connectivity index (χ1) is 13.1. The zero-order chi connectivity index (χ0) is 20.2. The molecule has 3 nitrogen and oxygen atoms in total. The van der Waals surface area contributed by atoms with Crippen LogP contribution in [-0.4, -0.2) is 17.1 Å². The number of amides is 1. The summed E-state index contributed by atoms with van der Waals surface area (Å²) in [6.07, 6.45) is 23.4. The molecule has 0 spiro atoms. The number of carbonyl (C=O) groups is 1. The lowest BCUT2D eigenvalue weighted by Gasteiger charge is -2.12. The van der Waals surface area contributed by atoms with Crippen LogP contribution in [0.5, 0.6) is 0 Å². The minimum absolute atomic E-state index is 0.619. The Morgan fingerprint density at radius 2 is 1.15 bits per heavy atom.